The number of alkyl halides is 3. The molecule has 0 bridgehead atoms. The van der Waals surface area contributed by atoms with Crippen molar-refractivity contribution in [2.45, 2.75) is 11.9 Å². The lowest BCUT2D eigenvalue weighted by Gasteiger charge is -2.18. The number of nitrogens with zero attached hydrogens (tertiary/aromatic N) is 1. The molecule has 1 rings (SSSR count). The molecule has 1 atom stereocenters. The monoisotopic (exact) mass is 278 g/mol. The van der Waals surface area contributed by atoms with E-state index in [1.165, 1.54) is 0 Å². The minimum absolute atomic E-state index is 0.270. The SMILES string of the molecule is N/C(=N/O)C(CSCc1ccccc1)C(F)(F)F. The van der Waals surface area contributed by atoms with Crippen molar-refractivity contribution in [3.8, 4) is 0 Å². The third-order valence-electron chi connectivity index (χ3n) is 2.26. The zero-order chi connectivity index (χ0) is 13.6. The highest BCUT2D eigenvalue weighted by Gasteiger charge is 2.42. The lowest BCUT2D eigenvalue weighted by molar-refractivity contribution is -0.150. The summed E-state index contributed by atoms with van der Waals surface area (Å²) in [7, 11) is 0. The Morgan fingerprint density at radius 3 is 2.44 bits per heavy atom. The van der Waals surface area contributed by atoms with Crippen molar-refractivity contribution in [1.82, 2.24) is 0 Å². The molecule has 0 aromatic heterocycles. The van der Waals surface area contributed by atoms with Crippen molar-refractivity contribution in [3.63, 3.8) is 0 Å². The standard InChI is InChI=1S/C11H13F3N2OS/c12-11(13,14)9(10(15)16-17)7-18-6-8-4-2-1-3-5-8/h1-5,9,17H,6-7H2,(H2,15,16). The average molecular weight is 278 g/mol. The highest BCUT2D eigenvalue weighted by atomic mass is 32.2. The molecule has 1 aromatic carbocycles. The van der Waals surface area contributed by atoms with Crippen LogP contribution in [0.25, 0.3) is 0 Å². The van der Waals surface area contributed by atoms with E-state index in [2.05, 4.69) is 5.16 Å². The Balaban J connectivity index is 2.54. The van der Waals surface area contributed by atoms with Crippen LogP contribution in [0.2, 0.25) is 0 Å². The Morgan fingerprint density at radius 1 is 1.33 bits per heavy atom. The van der Waals surface area contributed by atoms with E-state index in [4.69, 9.17) is 10.9 Å². The summed E-state index contributed by atoms with van der Waals surface area (Å²) in [6.45, 7) is 0. The van der Waals surface area contributed by atoms with Gasteiger partial charge in [-0.1, -0.05) is 35.5 Å². The van der Waals surface area contributed by atoms with Gasteiger partial charge in [0, 0.05) is 11.5 Å². The number of hydrogen-bond acceptors (Lipinski definition) is 3. The molecule has 0 radical (unpaired) electrons. The third-order valence-corrected chi connectivity index (χ3v) is 3.37. The average Bonchev–Trinajstić information content (AvgIpc) is 2.33. The maximum atomic E-state index is 12.6. The molecule has 1 unspecified atom stereocenters. The number of rotatable bonds is 5. The van der Waals surface area contributed by atoms with Gasteiger partial charge in [-0.15, -0.1) is 0 Å². The molecule has 18 heavy (non-hydrogen) atoms. The van der Waals surface area contributed by atoms with Gasteiger partial charge < -0.3 is 10.9 Å². The molecule has 0 spiro atoms. The number of amidine groups is 1. The summed E-state index contributed by atoms with van der Waals surface area (Å²) in [5, 5.41) is 10.8. The summed E-state index contributed by atoms with van der Waals surface area (Å²) in [5.41, 5.74) is 5.98. The van der Waals surface area contributed by atoms with Crippen molar-refractivity contribution < 1.29 is 18.4 Å². The van der Waals surface area contributed by atoms with Crippen LogP contribution in [0.15, 0.2) is 35.5 Å². The van der Waals surface area contributed by atoms with E-state index in [0.29, 0.717) is 5.75 Å². The highest BCUT2D eigenvalue weighted by molar-refractivity contribution is 7.98. The van der Waals surface area contributed by atoms with Crippen molar-refractivity contribution >= 4 is 17.6 Å². The lowest BCUT2D eigenvalue weighted by atomic mass is 10.1. The first kappa shape index (κ1) is 14.7. The Kier molecular flexibility index (Phi) is 5.33. The van der Waals surface area contributed by atoms with E-state index in [-0.39, 0.29) is 5.75 Å². The van der Waals surface area contributed by atoms with Crippen molar-refractivity contribution in [1.29, 1.82) is 0 Å². The van der Waals surface area contributed by atoms with Gasteiger partial charge in [-0.05, 0) is 5.56 Å². The van der Waals surface area contributed by atoms with Crippen LogP contribution in [0, 0.1) is 5.92 Å². The predicted octanol–water partition coefficient (Wildman–Crippen LogP) is 2.84. The molecular formula is C11H13F3N2OS. The number of nitrogens with two attached hydrogens (primary N) is 1. The molecule has 0 aliphatic carbocycles. The first-order valence-corrected chi connectivity index (χ1v) is 6.26. The van der Waals surface area contributed by atoms with Crippen LogP contribution in [0.1, 0.15) is 5.56 Å². The number of oxime groups is 1. The predicted molar refractivity (Wildman–Crippen MR) is 65.6 cm³/mol. The Morgan fingerprint density at radius 2 is 1.94 bits per heavy atom. The van der Waals surface area contributed by atoms with E-state index in [0.717, 1.165) is 17.3 Å². The molecular weight excluding hydrogens is 265 g/mol. The van der Waals surface area contributed by atoms with Crippen molar-refractivity contribution in [2.24, 2.45) is 16.8 Å². The van der Waals surface area contributed by atoms with E-state index in [1.807, 2.05) is 30.3 Å². The molecule has 0 aliphatic heterocycles. The highest BCUT2D eigenvalue weighted by Crippen LogP contribution is 2.30. The second-order valence-electron chi connectivity index (χ2n) is 3.62. The normalized spacial score (nSPS) is 14.5. The molecule has 0 heterocycles. The molecule has 3 N–H and O–H groups in total. The van der Waals surface area contributed by atoms with E-state index in [1.54, 1.807) is 0 Å². The van der Waals surface area contributed by atoms with Crippen LogP contribution >= 0.6 is 11.8 Å². The number of halogens is 3. The molecule has 0 fully saturated rings. The molecule has 7 heteroatoms. The lowest BCUT2D eigenvalue weighted by Crippen LogP contribution is -2.37. The van der Waals surface area contributed by atoms with Gasteiger partial charge in [0.2, 0.25) is 0 Å². The minimum Gasteiger partial charge on any atom is -0.409 e. The Hall–Kier alpha value is -1.37. The van der Waals surface area contributed by atoms with Gasteiger partial charge in [0.1, 0.15) is 5.92 Å². The molecule has 0 saturated carbocycles. The second-order valence-corrected chi connectivity index (χ2v) is 4.65. The van der Waals surface area contributed by atoms with Gasteiger partial charge in [-0.2, -0.15) is 24.9 Å². The van der Waals surface area contributed by atoms with Gasteiger partial charge in [0.25, 0.3) is 0 Å². The van der Waals surface area contributed by atoms with Gasteiger partial charge >= 0.3 is 6.18 Å². The fourth-order valence-corrected chi connectivity index (χ4v) is 2.43. The van der Waals surface area contributed by atoms with Crippen LogP contribution in [0.4, 0.5) is 13.2 Å². The molecule has 1 aromatic rings. The first-order chi connectivity index (χ1) is 8.45. The van der Waals surface area contributed by atoms with Crippen LogP contribution < -0.4 is 5.73 Å². The van der Waals surface area contributed by atoms with Gasteiger partial charge in [-0.25, -0.2) is 0 Å². The topological polar surface area (TPSA) is 58.6 Å². The zero-order valence-electron chi connectivity index (χ0n) is 9.39. The van der Waals surface area contributed by atoms with Gasteiger partial charge in [0.15, 0.2) is 5.84 Å². The van der Waals surface area contributed by atoms with Crippen molar-refractivity contribution in [2.75, 3.05) is 5.75 Å². The summed E-state index contributed by atoms with van der Waals surface area (Å²) in [6.07, 6.45) is -4.50. The van der Waals surface area contributed by atoms with Gasteiger partial charge in [-0.3, -0.25) is 0 Å². The first-order valence-electron chi connectivity index (χ1n) is 5.11. The maximum Gasteiger partial charge on any atom is 0.399 e. The fraction of sp³-hybridized carbons (Fsp3) is 0.364. The van der Waals surface area contributed by atoms with Crippen LogP contribution in [-0.4, -0.2) is 23.0 Å². The van der Waals surface area contributed by atoms with E-state index < -0.39 is 17.9 Å². The molecule has 0 aliphatic rings. The van der Waals surface area contributed by atoms with Crippen molar-refractivity contribution in [3.05, 3.63) is 35.9 Å². The minimum atomic E-state index is -4.50. The number of thioether (sulfide) groups is 1. The smallest absolute Gasteiger partial charge is 0.399 e. The van der Waals surface area contributed by atoms with E-state index in [9.17, 15) is 13.2 Å². The summed E-state index contributed by atoms with van der Waals surface area (Å²) in [5.74, 6) is -2.54. The largest absolute Gasteiger partial charge is 0.409 e. The van der Waals surface area contributed by atoms with Crippen LogP contribution in [0.5, 0.6) is 0 Å². The Bertz CT molecular complexity index is 395. The van der Waals surface area contributed by atoms with Crippen LogP contribution in [-0.2, 0) is 5.75 Å². The maximum absolute atomic E-state index is 12.6. The number of benzene rings is 1. The molecule has 0 saturated heterocycles. The van der Waals surface area contributed by atoms with Gasteiger partial charge in [0.05, 0.1) is 0 Å². The summed E-state index contributed by atoms with van der Waals surface area (Å²) >= 11 is 1.09. The number of hydrogen-bond donors (Lipinski definition) is 2. The summed E-state index contributed by atoms with van der Waals surface area (Å²) in [6, 6.07) is 9.14. The zero-order valence-corrected chi connectivity index (χ0v) is 10.2. The van der Waals surface area contributed by atoms with E-state index >= 15 is 0 Å². The summed E-state index contributed by atoms with van der Waals surface area (Å²) in [4.78, 5) is 0. The van der Waals surface area contributed by atoms with Crippen LogP contribution in [0.3, 0.4) is 0 Å². The second kappa shape index (κ2) is 6.53. The third kappa shape index (κ3) is 4.48. The summed E-state index contributed by atoms with van der Waals surface area (Å²) < 4.78 is 37.8. The Labute approximate surface area is 107 Å². The quantitative estimate of drug-likeness (QED) is 0.377. The fourth-order valence-electron chi connectivity index (χ4n) is 1.29. The molecule has 100 valence electrons. The molecule has 3 nitrogen and oxygen atoms in total. The molecule has 0 amide bonds.